The fourth-order valence-electron chi connectivity index (χ4n) is 0.936. The number of primary amides is 1. The van der Waals surface area contributed by atoms with Gasteiger partial charge >= 0.3 is 0 Å². The normalized spacial score (nSPS) is 9.62. The van der Waals surface area contributed by atoms with E-state index in [9.17, 15) is 4.79 Å². The van der Waals surface area contributed by atoms with E-state index in [2.05, 4.69) is 10.3 Å². The Morgan fingerprint density at radius 3 is 3.00 bits per heavy atom. The van der Waals surface area contributed by atoms with Crippen molar-refractivity contribution in [2.24, 2.45) is 11.5 Å². The summed E-state index contributed by atoms with van der Waals surface area (Å²) in [4.78, 5) is 14.9. The number of hydrogen-bond acceptors (Lipinski definition) is 4. The second-order valence-electron chi connectivity index (χ2n) is 2.48. The zero-order chi connectivity index (χ0) is 9.68. The van der Waals surface area contributed by atoms with E-state index in [1.165, 1.54) is 0 Å². The van der Waals surface area contributed by atoms with Gasteiger partial charge in [-0.15, -0.1) is 0 Å². The second-order valence-corrected chi connectivity index (χ2v) is 2.48. The molecule has 0 fully saturated rings. The van der Waals surface area contributed by atoms with Crippen LogP contribution in [0.3, 0.4) is 0 Å². The molecule has 1 amide bonds. The van der Waals surface area contributed by atoms with Crippen molar-refractivity contribution in [1.29, 1.82) is 0 Å². The molecule has 0 unspecified atom stereocenters. The molecule has 0 saturated heterocycles. The van der Waals surface area contributed by atoms with Crippen LogP contribution in [0.4, 0.5) is 5.82 Å². The number of pyridine rings is 1. The Bertz CT molecular complexity index is 300. The molecule has 0 aliphatic heterocycles. The summed E-state index contributed by atoms with van der Waals surface area (Å²) >= 11 is 0. The van der Waals surface area contributed by atoms with Crippen LogP contribution >= 0.6 is 0 Å². The molecule has 5 heteroatoms. The lowest BCUT2D eigenvalue weighted by Gasteiger charge is -2.06. The Morgan fingerprint density at radius 2 is 2.38 bits per heavy atom. The van der Waals surface area contributed by atoms with Gasteiger partial charge in [0.05, 0.1) is 5.56 Å². The Kier molecular flexibility index (Phi) is 3.22. The standard InChI is InChI=1S/C8H12N4O/c9-3-5-12-8-6(7(10)13)2-1-4-11-8/h1-2,4H,3,5,9H2,(H2,10,13)(H,11,12). The molecule has 0 aromatic carbocycles. The van der Waals surface area contributed by atoms with Gasteiger partial charge in [-0.3, -0.25) is 4.79 Å². The number of carbonyl (C=O) groups is 1. The minimum Gasteiger partial charge on any atom is -0.368 e. The molecule has 0 saturated carbocycles. The summed E-state index contributed by atoms with van der Waals surface area (Å²) in [6.45, 7) is 1.05. The van der Waals surface area contributed by atoms with Gasteiger partial charge in [0, 0.05) is 19.3 Å². The van der Waals surface area contributed by atoms with Crippen molar-refractivity contribution >= 4 is 11.7 Å². The summed E-state index contributed by atoms with van der Waals surface area (Å²) in [5, 5.41) is 2.91. The summed E-state index contributed by atoms with van der Waals surface area (Å²) in [7, 11) is 0. The fraction of sp³-hybridized carbons (Fsp3) is 0.250. The predicted molar refractivity (Wildman–Crippen MR) is 50.3 cm³/mol. The largest absolute Gasteiger partial charge is 0.368 e. The molecule has 0 atom stereocenters. The molecule has 1 heterocycles. The van der Waals surface area contributed by atoms with Crippen LogP contribution < -0.4 is 16.8 Å². The molecule has 13 heavy (non-hydrogen) atoms. The molecule has 0 aliphatic carbocycles. The third kappa shape index (κ3) is 2.41. The molecule has 1 rings (SSSR count). The van der Waals surface area contributed by atoms with Gasteiger partial charge in [-0.05, 0) is 12.1 Å². The Labute approximate surface area is 76.1 Å². The Balaban J connectivity index is 2.84. The number of nitrogens with zero attached hydrogens (tertiary/aromatic N) is 1. The van der Waals surface area contributed by atoms with Crippen molar-refractivity contribution in [3.8, 4) is 0 Å². The van der Waals surface area contributed by atoms with E-state index >= 15 is 0 Å². The molecule has 1 aromatic heterocycles. The summed E-state index contributed by atoms with van der Waals surface area (Å²) in [6, 6.07) is 3.28. The lowest BCUT2D eigenvalue weighted by atomic mass is 10.2. The molecule has 0 aliphatic rings. The van der Waals surface area contributed by atoms with E-state index in [1.807, 2.05) is 0 Å². The quantitative estimate of drug-likeness (QED) is 0.585. The van der Waals surface area contributed by atoms with Crippen LogP contribution in [0.2, 0.25) is 0 Å². The summed E-state index contributed by atoms with van der Waals surface area (Å²) in [6.07, 6.45) is 1.59. The molecular weight excluding hydrogens is 168 g/mol. The van der Waals surface area contributed by atoms with Crippen LogP contribution in [0, 0.1) is 0 Å². The number of aromatic nitrogens is 1. The highest BCUT2D eigenvalue weighted by atomic mass is 16.1. The second kappa shape index (κ2) is 4.42. The number of hydrogen-bond donors (Lipinski definition) is 3. The third-order valence-corrected chi connectivity index (χ3v) is 1.51. The number of carbonyl (C=O) groups excluding carboxylic acids is 1. The molecule has 5 N–H and O–H groups in total. The zero-order valence-electron chi connectivity index (χ0n) is 7.16. The van der Waals surface area contributed by atoms with Gasteiger partial charge in [-0.1, -0.05) is 0 Å². The lowest BCUT2D eigenvalue weighted by molar-refractivity contribution is 0.100. The van der Waals surface area contributed by atoms with Crippen molar-refractivity contribution < 1.29 is 4.79 Å². The van der Waals surface area contributed by atoms with Gasteiger partial charge in [-0.2, -0.15) is 0 Å². The summed E-state index contributed by atoms with van der Waals surface area (Å²) in [5.74, 6) is -0.00642. The Morgan fingerprint density at radius 1 is 1.62 bits per heavy atom. The number of amides is 1. The highest BCUT2D eigenvalue weighted by molar-refractivity contribution is 5.97. The smallest absolute Gasteiger partial charge is 0.252 e. The first-order valence-corrected chi connectivity index (χ1v) is 3.94. The highest BCUT2D eigenvalue weighted by Crippen LogP contribution is 2.09. The van der Waals surface area contributed by atoms with E-state index in [4.69, 9.17) is 11.5 Å². The summed E-state index contributed by atoms with van der Waals surface area (Å²) < 4.78 is 0. The SMILES string of the molecule is NCCNc1ncccc1C(N)=O. The molecule has 70 valence electrons. The molecule has 0 bridgehead atoms. The maximum atomic E-state index is 10.9. The Hall–Kier alpha value is -1.62. The van der Waals surface area contributed by atoms with Crippen molar-refractivity contribution in [2.75, 3.05) is 18.4 Å². The van der Waals surface area contributed by atoms with Crippen molar-refractivity contribution in [2.45, 2.75) is 0 Å². The minimum absolute atomic E-state index is 0.385. The van der Waals surface area contributed by atoms with Crippen LogP contribution in [0.25, 0.3) is 0 Å². The van der Waals surface area contributed by atoms with Gasteiger partial charge < -0.3 is 16.8 Å². The first kappa shape index (κ1) is 9.47. The van der Waals surface area contributed by atoms with Crippen LogP contribution in [0.15, 0.2) is 18.3 Å². The number of nitrogens with two attached hydrogens (primary N) is 2. The molecule has 1 aromatic rings. The van der Waals surface area contributed by atoms with Crippen molar-refractivity contribution in [3.05, 3.63) is 23.9 Å². The van der Waals surface area contributed by atoms with Crippen molar-refractivity contribution in [3.63, 3.8) is 0 Å². The predicted octanol–water partition coefficient (Wildman–Crippen LogP) is -0.449. The van der Waals surface area contributed by atoms with Crippen LogP contribution in [0.1, 0.15) is 10.4 Å². The van der Waals surface area contributed by atoms with E-state index in [0.29, 0.717) is 24.5 Å². The number of rotatable bonds is 4. The lowest BCUT2D eigenvalue weighted by Crippen LogP contribution is -2.19. The van der Waals surface area contributed by atoms with Crippen LogP contribution in [-0.2, 0) is 0 Å². The van der Waals surface area contributed by atoms with E-state index < -0.39 is 5.91 Å². The number of nitrogens with one attached hydrogen (secondary N) is 1. The van der Waals surface area contributed by atoms with Gasteiger partial charge in [-0.25, -0.2) is 4.98 Å². The van der Waals surface area contributed by atoms with E-state index in [-0.39, 0.29) is 0 Å². The topological polar surface area (TPSA) is 94.0 Å². The molecule has 0 spiro atoms. The third-order valence-electron chi connectivity index (χ3n) is 1.51. The van der Waals surface area contributed by atoms with Crippen molar-refractivity contribution in [1.82, 2.24) is 4.98 Å². The maximum Gasteiger partial charge on any atom is 0.252 e. The monoisotopic (exact) mass is 180 g/mol. The van der Waals surface area contributed by atoms with Gasteiger partial charge in [0.25, 0.3) is 5.91 Å². The van der Waals surface area contributed by atoms with Crippen LogP contribution in [-0.4, -0.2) is 24.0 Å². The molecule has 5 nitrogen and oxygen atoms in total. The average Bonchev–Trinajstić information content (AvgIpc) is 2.15. The van der Waals surface area contributed by atoms with Crippen LogP contribution in [0.5, 0.6) is 0 Å². The van der Waals surface area contributed by atoms with E-state index in [1.54, 1.807) is 18.3 Å². The zero-order valence-corrected chi connectivity index (χ0v) is 7.16. The molecule has 0 radical (unpaired) electrons. The summed E-state index contributed by atoms with van der Waals surface area (Å²) in [5.41, 5.74) is 10.8. The molecular formula is C8H12N4O. The van der Waals surface area contributed by atoms with E-state index in [0.717, 1.165) is 0 Å². The fourth-order valence-corrected chi connectivity index (χ4v) is 0.936. The number of anilines is 1. The van der Waals surface area contributed by atoms with Gasteiger partial charge in [0.2, 0.25) is 0 Å². The average molecular weight is 180 g/mol. The first-order valence-electron chi connectivity index (χ1n) is 3.94. The first-order chi connectivity index (χ1) is 6.25. The highest BCUT2D eigenvalue weighted by Gasteiger charge is 2.06. The minimum atomic E-state index is -0.493. The van der Waals surface area contributed by atoms with Gasteiger partial charge in [0.1, 0.15) is 5.82 Å². The maximum absolute atomic E-state index is 10.9. The van der Waals surface area contributed by atoms with Gasteiger partial charge in [0.15, 0.2) is 0 Å².